The van der Waals surface area contributed by atoms with Gasteiger partial charge in [0.2, 0.25) is 0 Å². The topological polar surface area (TPSA) is 59.5 Å². The molecule has 1 saturated heterocycles. The van der Waals surface area contributed by atoms with Gasteiger partial charge in [-0.3, -0.25) is 10.2 Å². The molecule has 0 aromatic carbocycles. The van der Waals surface area contributed by atoms with Crippen molar-refractivity contribution >= 4 is 33.2 Å². The third-order valence-corrected chi connectivity index (χ3v) is 5.14. The van der Waals surface area contributed by atoms with Crippen molar-refractivity contribution in [3.05, 3.63) is 23.5 Å². The van der Waals surface area contributed by atoms with E-state index in [1.165, 1.54) is 4.88 Å². The summed E-state index contributed by atoms with van der Waals surface area (Å²) in [7, 11) is 1.72. The number of aromatic nitrogens is 2. The van der Waals surface area contributed by atoms with Crippen molar-refractivity contribution in [2.45, 2.75) is 18.1 Å². The van der Waals surface area contributed by atoms with Crippen molar-refractivity contribution in [1.29, 1.82) is 0 Å². The van der Waals surface area contributed by atoms with Crippen LogP contribution >= 0.6 is 22.9 Å². The number of morpholine rings is 1. The second-order valence-corrected chi connectivity index (χ2v) is 7.00. The Morgan fingerprint density at radius 1 is 1.61 bits per heavy atom. The summed E-state index contributed by atoms with van der Waals surface area (Å²) in [5.74, 6) is 0. The largest absolute Gasteiger partial charge is 0.385 e. The summed E-state index contributed by atoms with van der Waals surface area (Å²) in [5, 5.41) is 3.62. The standard InChI is InChI=1S/C15H21ClN4O2S/c1-21-5-2-3-18-15(20-4-6-22-14(16)9-20)12-7-11-13(23-12)8-17-10-19-11/h7-8,10,14-15,18H,2-6,9H2,1H3. The van der Waals surface area contributed by atoms with Gasteiger partial charge in [0.25, 0.3) is 0 Å². The van der Waals surface area contributed by atoms with Gasteiger partial charge >= 0.3 is 0 Å². The quantitative estimate of drug-likeness (QED) is 0.606. The summed E-state index contributed by atoms with van der Waals surface area (Å²) >= 11 is 7.89. The van der Waals surface area contributed by atoms with E-state index < -0.39 is 0 Å². The van der Waals surface area contributed by atoms with Crippen molar-refractivity contribution in [3.63, 3.8) is 0 Å². The van der Waals surface area contributed by atoms with Crippen LogP contribution < -0.4 is 5.32 Å². The Hall–Kier alpha value is -0.830. The molecule has 8 heteroatoms. The lowest BCUT2D eigenvalue weighted by Crippen LogP contribution is -2.47. The number of nitrogens with zero attached hydrogens (tertiary/aromatic N) is 3. The first-order valence-corrected chi connectivity index (χ1v) is 8.94. The number of alkyl halides is 1. The van der Waals surface area contributed by atoms with Crippen LogP contribution in [0.3, 0.4) is 0 Å². The SMILES string of the molecule is COCCCNC(c1cc2ncncc2s1)N1CCOC(Cl)C1. The van der Waals surface area contributed by atoms with Crippen LogP contribution in [0, 0.1) is 0 Å². The lowest BCUT2D eigenvalue weighted by atomic mass is 10.2. The number of fused-ring (bicyclic) bond motifs is 1. The third-order valence-electron chi connectivity index (χ3n) is 3.77. The molecule has 0 amide bonds. The number of hydrogen-bond donors (Lipinski definition) is 1. The first-order chi connectivity index (χ1) is 11.3. The monoisotopic (exact) mass is 356 g/mol. The van der Waals surface area contributed by atoms with Gasteiger partial charge in [0.05, 0.1) is 23.0 Å². The van der Waals surface area contributed by atoms with E-state index in [0.29, 0.717) is 13.2 Å². The van der Waals surface area contributed by atoms with Crippen LogP contribution in [0.15, 0.2) is 18.6 Å². The maximum absolute atomic E-state index is 6.17. The molecule has 3 heterocycles. The summed E-state index contributed by atoms with van der Waals surface area (Å²) in [6, 6.07) is 2.13. The highest BCUT2D eigenvalue weighted by molar-refractivity contribution is 7.19. The van der Waals surface area contributed by atoms with Crippen LogP contribution in [0.5, 0.6) is 0 Å². The van der Waals surface area contributed by atoms with E-state index in [9.17, 15) is 0 Å². The Labute approximate surface area is 144 Å². The lowest BCUT2D eigenvalue weighted by molar-refractivity contribution is -0.0117. The smallest absolute Gasteiger partial charge is 0.143 e. The molecule has 0 radical (unpaired) electrons. The van der Waals surface area contributed by atoms with Gasteiger partial charge < -0.3 is 9.47 Å². The van der Waals surface area contributed by atoms with Crippen molar-refractivity contribution in [2.24, 2.45) is 0 Å². The summed E-state index contributed by atoms with van der Waals surface area (Å²) in [5.41, 5.74) is 0.723. The molecule has 0 bridgehead atoms. The number of methoxy groups -OCH3 is 1. The normalized spacial score (nSPS) is 20.9. The maximum Gasteiger partial charge on any atom is 0.143 e. The number of thiophene rings is 1. The summed E-state index contributed by atoms with van der Waals surface area (Å²) in [6.45, 7) is 3.82. The molecule has 6 nitrogen and oxygen atoms in total. The summed E-state index contributed by atoms with van der Waals surface area (Å²) < 4.78 is 11.7. The first kappa shape index (κ1) is 17.0. The number of halogens is 1. The van der Waals surface area contributed by atoms with E-state index in [1.807, 2.05) is 6.20 Å². The molecule has 2 atom stereocenters. The first-order valence-electron chi connectivity index (χ1n) is 7.69. The van der Waals surface area contributed by atoms with Crippen LogP contribution in [-0.2, 0) is 9.47 Å². The molecule has 2 unspecified atom stereocenters. The predicted molar refractivity (Wildman–Crippen MR) is 91.8 cm³/mol. The molecule has 0 saturated carbocycles. The average molecular weight is 357 g/mol. The van der Waals surface area contributed by atoms with Crippen molar-refractivity contribution in [3.8, 4) is 0 Å². The Morgan fingerprint density at radius 2 is 2.52 bits per heavy atom. The van der Waals surface area contributed by atoms with Crippen LogP contribution in [0.25, 0.3) is 10.2 Å². The minimum Gasteiger partial charge on any atom is -0.385 e. The highest BCUT2D eigenvalue weighted by atomic mass is 35.5. The van der Waals surface area contributed by atoms with Gasteiger partial charge in [-0.15, -0.1) is 11.3 Å². The number of hydrogen-bond acceptors (Lipinski definition) is 7. The van der Waals surface area contributed by atoms with E-state index in [-0.39, 0.29) is 11.7 Å². The van der Waals surface area contributed by atoms with E-state index >= 15 is 0 Å². The van der Waals surface area contributed by atoms with Gasteiger partial charge in [-0.05, 0) is 19.0 Å². The zero-order chi connectivity index (χ0) is 16.1. The van der Waals surface area contributed by atoms with Gasteiger partial charge in [-0.25, -0.2) is 9.97 Å². The minimum absolute atomic E-state index is 0.108. The summed E-state index contributed by atoms with van der Waals surface area (Å²) in [4.78, 5) is 12.0. The summed E-state index contributed by atoms with van der Waals surface area (Å²) in [6.07, 6.45) is 4.52. The van der Waals surface area contributed by atoms with Gasteiger partial charge in [-0.2, -0.15) is 0 Å². The molecule has 2 aromatic rings. The fraction of sp³-hybridized carbons (Fsp3) is 0.600. The fourth-order valence-electron chi connectivity index (χ4n) is 2.66. The Balaban J connectivity index is 1.78. The van der Waals surface area contributed by atoms with Crippen LogP contribution in [0.2, 0.25) is 0 Å². The third kappa shape index (κ3) is 4.37. The molecule has 126 valence electrons. The van der Waals surface area contributed by atoms with E-state index in [0.717, 1.165) is 36.3 Å². The molecule has 3 rings (SSSR count). The van der Waals surface area contributed by atoms with Crippen molar-refractivity contribution < 1.29 is 9.47 Å². The Morgan fingerprint density at radius 3 is 3.30 bits per heavy atom. The molecule has 1 fully saturated rings. The Kier molecular flexibility index (Phi) is 6.15. The molecular weight excluding hydrogens is 336 g/mol. The molecule has 1 aliphatic rings. The maximum atomic E-state index is 6.17. The van der Waals surface area contributed by atoms with E-state index in [2.05, 4.69) is 26.3 Å². The number of rotatable bonds is 7. The highest BCUT2D eigenvalue weighted by Crippen LogP contribution is 2.31. The van der Waals surface area contributed by atoms with Crippen molar-refractivity contribution in [2.75, 3.05) is 40.0 Å². The molecule has 0 aliphatic carbocycles. The van der Waals surface area contributed by atoms with Crippen molar-refractivity contribution in [1.82, 2.24) is 20.2 Å². The number of nitrogens with one attached hydrogen (secondary N) is 1. The van der Waals surface area contributed by atoms with Gasteiger partial charge in [-0.1, -0.05) is 11.6 Å². The predicted octanol–water partition coefficient (Wildman–Crippen LogP) is 2.21. The second-order valence-electron chi connectivity index (χ2n) is 5.40. The molecule has 2 aromatic heterocycles. The van der Waals surface area contributed by atoms with Crippen LogP contribution in [0.4, 0.5) is 0 Å². The molecule has 1 aliphatic heterocycles. The molecular formula is C15H21ClN4O2S. The average Bonchev–Trinajstić information content (AvgIpc) is 2.98. The van der Waals surface area contributed by atoms with Gasteiger partial charge in [0.1, 0.15) is 11.9 Å². The zero-order valence-corrected chi connectivity index (χ0v) is 14.6. The molecule has 1 N–H and O–H groups in total. The highest BCUT2D eigenvalue weighted by Gasteiger charge is 2.27. The van der Waals surface area contributed by atoms with E-state index in [4.69, 9.17) is 21.1 Å². The fourth-order valence-corrected chi connectivity index (χ4v) is 4.03. The van der Waals surface area contributed by atoms with Gasteiger partial charge in [0.15, 0.2) is 0 Å². The zero-order valence-electron chi connectivity index (χ0n) is 13.1. The van der Waals surface area contributed by atoms with E-state index in [1.54, 1.807) is 24.8 Å². The lowest BCUT2D eigenvalue weighted by Gasteiger charge is -2.36. The van der Waals surface area contributed by atoms with Crippen LogP contribution in [0.1, 0.15) is 17.5 Å². The molecule has 0 spiro atoms. The second kappa shape index (κ2) is 8.32. The van der Waals surface area contributed by atoms with Gasteiger partial charge in [0, 0.05) is 37.9 Å². The molecule has 23 heavy (non-hydrogen) atoms. The Bertz CT molecular complexity index is 593. The number of ether oxygens (including phenoxy) is 2. The minimum atomic E-state index is -0.263. The van der Waals surface area contributed by atoms with Crippen LogP contribution in [-0.4, -0.2) is 60.4 Å².